The highest BCUT2D eigenvalue weighted by molar-refractivity contribution is 5.28. The normalized spacial score (nSPS) is 38.4. The lowest BCUT2D eigenvalue weighted by Crippen LogP contribution is -2.35. The maximum Gasteiger partial charge on any atom is 0.129 e. The van der Waals surface area contributed by atoms with Crippen molar-refractivity contribution in [1.29, 1.82) is 0 Å². The fourth-order valence-electron chi connectivity index (χ4n) is 2.64. The largest absolute Gasteiger partial charge is 0.487 e. The van der Waals surface area contributed by atoms with Gasteiger partial charge in [0.15, 0.2) is 0 Å². The van der Waals surface area contributed by atoms with Crippen molar-refractivity contribution in [2.75, 3.05) is 0 Å². The van der Waals surface area contributed by atoms with Gasteiger partial charge in [0, 0.05) is 5.92 Å². The Balaban J connectivity index is 2.29. The van der Waals surface area contributed by atoms with Gasteiger partial charge in [-0.05, 0) is 52.7 Å². The average Bonchev–Trinajstić information content (AvgIpc) is 2.46. The van der Waals surface area contributed by atoms with Crippen LogP contribution in [0.5, 0.6) is 0 Å². The second-order valence-electron chi connectivity index (χ2n) is 5.66. The fourth-order valence-corrected chi connectivity index (χ4v) is 2.64. The maximum atomic E-state index is 10.6. The van der Waals surface area contributed by atoms with E-state index in [0.717, 1.165) is 12.8 Å². The minimum atomic E-state index is -0.826. The van der Waals surface area contributed by atoms with Crippen molar-refractivity contribution in [3.05, 3.63) is 35.1 Å². The van der Waals surface area contributed by atoms with Gasteiger partial charge < -0.3 is 9.84 Å². The summed E-state index contributed by atoms with van der Waals surface area (Å²) < 4.78 is 5.89. The van der Waals surface area contributed by atoms with Gasteiger partial charge in [-0.1, -0.05) is 17.2 Å². The molecule has 1 aliphatic heterocycles. The van der Waals surface area contributed by atoms with Gasteiger partial charge in [-0.25, -0.2) is 0 Å². The van der Waals surface area contributed by atoms with Crippen LogP contribution in [0.1, 0.15) is 40.5 Å². The van der Waals surface area contributed by atoms with Gasteiger partial charge in [-0.3, -0.25) is 0 Å². The van der Waals surface area contributed by atoms with Gasteiger partial charge >= 0.3 is 0 Å². The summed E-state index contributed by atoms with van der Waals surface area (Å²) in [5.74, 6) is 0.905. The molecule has 1 saturated heterocycles. The second-order valence-corrected chi connectivity index (χ2v) is 5.66. The number of allylic oxidation sites excluding steroid dienone is 4. The van der Waals surface area contributed by atoms with Gasteiger partial charge in [-0.2, -0.15) is 0 Å². The number of rotatable bonds is 1. The molecule has 2 aliphatic rings. The Labute approximate surface area is 104 Å². The molecule has 0 amide bonds. The van der Waals surface area contributed by atoms with Crippen LogP contribution in [0, 0.1) is 5.92 Å². The minimum absolute atomic E-state index is 0.0514. The van der Waals surface area contributed by atoms with Crippen LogP contribution in [0.25, 0.3) is 0 Å². The zero-order valence-corrected chi connectivity index (χ0v) is 11.2. The van der Waals surface area contributed by atoms with E-state index in [1.54, 1.807) is 0 Å². The van der Waals surface area contributed by atoms with Crippen LogP contribution >= 0.6 is 0 Å². The van der Waals surface area contributed by atoms with E-state index in [1.165, 1.54) is 11.1 Å². The summed E-state index contributed by atoms with van der Waals surface area (Å²) >= 11 is 0. The van der Waals surface area contributed by atoms with Gasteiger partial charge in [0.2, 0.25) is 0 Å². The highest BCUT2D eigenvalue weighted by Gasteiger charge is 2.49. The monoisotopic (exact) mass is 234 g/mol. The van der Waals surface area contributed by atoms with E-state index in [-0.39, 0.29) is 12.0 Å². The molecule has 0 spiro atoms. The van der Waals surface area contributed by atoms with E-state index < -0.39 is 5.60 Å². The zero-order valence-electron chi connectivity index (χ0n) is 11.2. The number of hydrogen-bond donors (Lipinski definition) is 1. The van der Waals surface area contributed by atoms with Crippen molar-refractivity contribution >= 4 is 0 Å². The summed E-state index contributed by atoms with van der Waals surface area (Å²) in [6.45, 7) is 8.08. The van der Waals surface area contributed by atoms with Gasteiger partial charge in [0.25, 0.3) is 0 Å². The first-order valence-corrected chi connectivity index (χ1v) is 6.33. The Morgan fingerprint density at radius 2 is 2.24 bits per heavy atom. The van der Waals surface area contributed by atoms with Crippen LogP contribution in [0.3, 0.4) is 0 Å². The molecular weight excluding hydrogens is 212 g/mol. The van der Waals surface area contributed by atoms with Gasteiger partial charge in [-0.15, -0.1) is 0 Å². The van der Waals surface area contributed by atoms with Crippen LogP contribution < -0.4 is 0 Å². The van der Waals surface area contributed by atoms with Gasteiger partial charge in [0.1, 0.15) is 17.5 Å². The molecule has 0 saturated carbocycles. The van der Waals surface area contributed by atoms with Gasteiger partial charge in [0.05, 0.1) is 0 Å². The molecule has 0 radical (unpaired) electrons. The Morgan fingerprint density at radius 3 is 2.88 bits per heavy atom. The fraction of sp³-hybridized carbons (Fsp3) is 0.600. The maximum absolute atomic E-state index is 10.6. The van der Waals surface area contributed by atoms with Crippen LogP contribution in [0.4, 0.5) is 0 Å². The molecule has 0 bridgehead atoms. The second kappa shape index (κ2) is 4.34. The van der Waals surface area contributed by atoms with Crippen LogP contribution in [0.15, 0.2) is 35.1 Å². The van der Waals surface area contributed by atoms with Crippen molar-refractivity contribution in [1.82, 2.24) is 0 Å². The van der Waals surface area contributed by atoms with E-state index in [4.69, 9.17) is 4.74 Å². The Hall–Kier alpha value is -1.02. The van der Waals surface area contributed by atoms with E-state index in [0.29, 0.717) is 5.76 Å². The molecular formula is C15H22O2. The highest BCUT2D eigenvalue weighted by Crippen LogP contribution is 2.45. The molecule has 2 nitrogen and oxygen atoms in total. The van der Waals surface area contributed by atoms with E-state index in [2.05, 4.69) is 13.0 Å². The topological polar surface area (TPSA) is 29.5 Å². The summed E-state index contributed by atoms with van der Waals surface area (Å²) in [6.07, 6.45) is 8.19. The molecule has 1 fully saturated rings. The molecule has 1 heterocycles. The molecule has 0 unspecified atom stereocenters. The smallest absolute Gasteiger partial charge is 0.129 e. The lowest BCUT2D eigenvalue weighted by Gasteiger charge is -2.28. The van der Waals surface area contributed by atoms with Crippen molar-refractivity contribution < 1.29 is 9.84 Å². The van der Waals surface area contributed by atoms with Crippen LogP contribution in [-0.4, -0.2) is 16.8 Å². The standard InChI is InChI=1S/C15H22O2/c1-10(2)5-8-14-15(4,16)12-7-6-11(3)9-13(12)17-14/h5,8-9,12-13,16H,6-7H2,1-4H3/b14-8-/t12-,13+,15-/m1/s1. The summed E-state index contributed by atoms with van der Waals surface area (Å²) in [6, 6.07) is 0. The molecule has 2 heteroatoms. The Bertz CT molecular complexity index is 395. The molecule has 94 valence electrons. The van der Waals surface area contributed by atoms with E-state index in [9.17, 15) is 5.11 Å². The van der Waals surface area contributed by atoms with Crippen LogP contribution in [-0.2, 0) is 4.74 Å². The predicted molar refractivity (Wildman–Crippen MR) is 69.5 cm³/mol. The molecule has 0 aromatic rings. The van der Waals surface area contributed by atoms with Crippen molar-refractivity contribution in [2.45, 2.75) is 52.2 Å². The van der Waals surface area contributed by atoms with E-state index >= 15 is 0 Å². The quantitative estimate of drug-likeness (QED) is 0.705. The zero-order chi connectivity index (χ0) is 12.6. The first kappa shape index (κ1) is 12.4. The lowest BCUT2D eigenvalue weighted by molar-refractivity contribution is 0.0470. The average molecular weight is 234 g/mol. The molecule has 1 aliphatic carbocycles. The van der Waals surface area contributed by atoms with Crippen molar-refractivity contribution in [2.24, 2.45) is 5.92 Å². The molecule has 1 N–H and O–H groups in total. The molecule has 0 aromatic heterocycles. The SMILES string of the molecule is CC(C)=C/C=C1\O[C@H]2C=C(C)CC[C@H]2[C@@]1(C)O. The number of hydrogen-bond acceptors (Lipinski definition) is 2. The minimum Gasteiger partial charge on any atom is -0.487 e. The van der Waals surface area contributed by atoms with Crippen LogP contribution in [0.2, 0.25) is 0 Å². The highest BCUT2D eigenvalue weighted by atomic mass is 16.5. The molecule has 0 aromatic carbocycles. The predicted octanol–water partition coefficient (Wildman–Crippen LogP) is 3.34. The first-order valence-electron chi connectivity index (χ1n) is 6.33. The third-order valence-electron chi connectivity index (χ3n) is 3.75. The summed E-state index contributed by atoms with van der Waals surface area (Å²) in [5.41, 5.74) is 1.75. The Morgan fingerprint density at radius 1 is 1.53 bits per heavy atom. The Kier molecular flexibility index (Phi) is 3.17. The first-order chi connectivity index (χ1) is 7.91. The van der Waals surface area contributed by atoms with Crippen molar-refractivity contribution in [3.8, 4) is 0 Å². The number of fused-ring (bicyclic) bond motifs is 1. The third kappa shape index (κ3) is 2.32. The lowest BCUT2D eigenvalue weighted by atomic mass is 9.78. The summed E-state index contributed by atoms with van der Waals surface area (Å²) in [4.78, 5) is 0. The summed E-state index contributed by atoms with van der Waals surface area (Å²) in [5, 5.41) is 10.6. The summed E-state index contributed by atoms with van der Waals surface area (Å²) in [7, 11) is 0. The van der Waals surface area contributed by atoms with Crippen molar-refractivity contribution in [3.63, 3.8) is 0 Å². The van der Waals surface area contributed by atoms with E-state index in [1.807, 2.05) is 32.9 Å². The number of ether oxygens (including phenoxy) is 1. The molecule has 3 atom stereocenters. The molecule has 2 rings (SSSR count). The third-order valence-corrected chi connectivity index (χ3v) is 3.75. The molecule has 17 heavy (non-hydrogen) atoms. The number of aliphatic hydroxyl groups is 1.